The first-order valence-corrected chi connectivity index (χ1v) is 11.8. The molecule has 0 radical (unpaired) electrons. The maximum atomic E-state index is 14.9. The van der Waals surface area contributed by atoms with Crippen LogP contribution in [0.1, 0.15) is 21.5 Å². The van der Waals surface area contributed by atoms with Gasteiger partial charge < -0.3 is 28.8 Å². The third-order valence-electron chi connectivity index (χ3n) is 6.06. The number of fused-ring (bicyclic) bond motifs is 1. The lowest BCUT2D eigenvalue weighted by atomic mass is 10.1. The third-order valence-corrected chi connectivity index (χ3v) is 6.06. The summed E-state index contributed by atoms with van der Waals surface area (Å²) < 4.78 is 38.2. The summed E-state index contributed by atoms with van der Waals surface area (Å²) in [5.74, 6) is 0.825. The van der Waals surface area contributed by atoms with Gasteiger partial charge in [-0.25, -0.2) is 4.39 Å². The molecule has 4 aromatic rings. The van der Waals surface area contributed by atoms with Crippen LogP contribution in [0.3, 0.4) is 0 Å². The molecular weight excluding hydrogens is 487 g/mol. The first-order chi connectivity index (χ1) is 18.4. The van der Waals surface area contributed by atoms with E-state index in [0.717, 1.165) is 16.5 Å². The highest BCUT2D eigenvalue weighted by atomic mass is 19.1. The van der Waals surface area contributed by atoms with Crippen LogP contribution in [0.5, 0.6) is 23.0 Å². The Morgan fingerprint density at radius 1 is 0.868 bits per heavy atom. The monoisotopic (exact) mass is 516 g/mol. The van der Waals surface area contributed by atoms with Gasteiger partial charge >= 0.3 is 0 Å². The molecule has 0 saturated carbocycles. The van der Waals surface area contributed by atoms with Crippen LogP contribution in [0.25, 0.3) is 23.1 Å². The topological polar surface area (TPSA) is 71.0 Å². The molecule has 0 bridgehead atoms. The van der Waals surface area contributed by atoms with Gasteiger partial charge in [-0.2, -0.15) is 0 Å². The third kappa shape index (κ3) is 5.34. The standard InChI is InChI=1S/C30H29FN2O5/c1-33-18-22(21-8-6-7-9-25(21)33)26(34)12-13-32-24-15-19(14-23(31)29(24)37-4)10-11-20-16-27(35-2)30(38-5)28(17-20)36-3/h6-18,32H,1-5H3. The van der Waals surface area contributed by atoms with Crippen LogP contribution >= 0.6 is 0 Å². The Bertz CT molecular complexity index is 1510. The van der Waals surface area contributed by atoms with Gasteiger partial charge in [-0.1, -0.05) is 30.4 Å². The van der Waals surface area contributed by atoms with E-state index in [1.165, 1.54) is 32.6 Å². The Hall–Kier alpha value is -4.72. The number of nitrogens with one attached hydrogen (secondary N) is 1. The molecular formula is C30H29FN2O5. The predicted molar refractivity (Wildman–Crippen MR) is 148 cm³/mol. The van der Waals surface area contributed by atoms with Crippen molar-refractivity contribution >= 4 is 34.5 Å². The second-order valence-corrected chi connectivity index (χ2v) is 8.39. The molecule has 0 aliphatic rings. The van der Waals surface area contributed by atoms with E-state index < -0.39 is 5.82 Å². The van der Waals surface area contributed by atoms with Gasteiger partial charge in [0.25, 0.3) is 0 Å². The minimum Gasteiger partial charge on any atom is -0.493 e. The van der Waals surface area contributed by atoms with E-state index in [1.807, 2.05) is 35.9 Å². The molecule has 4 rings (SSSR count). The van der Waals surface area contributed by atoms with Crippen LogP contribution in [-0.2, 0) is 7.05 Å². The van der Waals surface area contributed by atoms with Crippen molar-refractivity contribution in [1.82, 2.24) is 4.57 Å². The molecule has 0 unspecified atom stereocenters. The highest BCUT2D eigenvalue weighted by Crippen LogP contribution is 2.39. The summed E-state index contributed by atoms with van der Waals surface area (Å²) >= 11 is 0. The molecule has 0 spiro atoms. The van der Waals surface area contributed by atoms with Gasteiger partial charge in [0.2, 0.25) is 5.75 Å². The number of methoxy groups -OCH3 is 4. The molecule has 0 fully saturated rings. The lowest BCUT2D eigenvalue weighted by Gasteiger charge is -2.13. The fourth-order valence-electron chi connectivity index (χ4n) is 4.25. The van der Waals surface area contributed by atoms with Gasteiger partial charge in [-0.05, 0) is 41.5 Å². The molecule has 1 heterocycles. The Kier molecular flexibility index (Phi) is 8.01. The van der Waals surface area contributed by atoms with Crippen LogP contribution in [0.15, 0.2) is 67.0 Å². The number of rotatable bonds is 10. The number of aromatic nitrogens is 1. The molecule has 0 aliphatic carbocycles. The first kappa shape index (κ1) is 26.3. The molecule has 1 N–H and O–H groups in total. The second-order valence-electron chi connectivity index (χ2n) is 8.39. The van der Waals surface area contributed by atoms with E-state index in [1.54, 1.807) is 50.8 Å². The average molecular weight is 517 g/mol. The van der Waals surface area contributed by atoms with E-state index in [4.69, 9.17) is 18.9 Å². The second kappa shape index (κ2) is 11.6. The fraction of sp³-hybridized carbons (Fsp3) is 0.167. The minimum atomic E-state index is -0.546. The van der Waals surface area contributed by atoms with Crippen molar-refractivity contribution in [2.24, 2.45) is 7.05 Å². The number of ketones is 1. The van der Waals surface area contributed by atoms with E-state index in [0.29, 0.717) is 34.1 Å². The van der Waals surface area contributed by atoms with Gasteiger partial charge in [0.05, 0.1) is 34.1 Å². The highest BCUT2D eigenvalue weighted by Gasteiger charge is 2.14. The molecule has 0 saturated heterocycles. The maximum Gasteiger partial charge on any atom is 0.203 e. The zero-order valence-electron chi connectivity index (χ0n) is 21.9. The van der Waals surface area contributed by atoms with E-state index in [-0.39, 0.29) is 11.5 Å². The van der Waals surface area contributed by atoms with Crippen molar-refractivity contribution in [3.63, 3.8) is 0 Å². The summed E-state index contributed by atoms with van der Waals surface area (Å²) in [7, 11) is 7.90. The zero-order chi connectivity index (χ0) is 27.2. The molecule has 0 atom stereocenters. The van der Waals surface area contributed by atoms with Gasteiger partial charge in [0.15, 0.2) is 28.8 Å². The number of hydrogen-bond acceptors (Lipinski definition) is 6. The SMILES string of the molecule is COc1cc(C=Cc2cc(F)c(OC)c(NC=CC(=O)c3cn(C)c4ccccc34)c2)cc(OC)c1OC. The normalized spacial score (nSPS) is 11.3. The van der Waals surface area contributed by atoms with Crippen LogP contribution in [0.2, 0.25) is 0 Å². The van der Waals surface area contributed by atoms with Gasteiger partial charge in [0.1, 0.15) is 0 Å². The summed E-state index contributed by atoms with van der Waals surface area (Å²) in [6.07, 6.45) is 8.24. The zero-order valence-corrected chi connectivity index (χ0v) is 21.9. The smallest absolute Gasteiger partial charge is 0.203 e. The van der Waals surface area contributed by atoms with Crippen molar-refractivity contribution in [3.05, 3.63) is 89.5 Å². The number of carbonyl (C=O) groups excluding carboxylic acids is 1. The van der Waals surface area contributed by atoms with E-state index in [2.05, 4.69) is 5.32 Å². The van der Waals surface area contributed by atoms with E-state index >= 15 is 0 Å². The number of benzene rings is 3. The van der Waals surface area contributed by atoms with Crippen molar-refractivity contribution in [1.29, 1.82) is 0 Å². The number of carbonyl (C=O) groups is 1. The molecule has 0 amide bonds. The number of allylic oxidation sites excluding steroid dienone is 1. The summed E-state index contributed by atoms with van der Waals surface area (Å²) in [6.45, 7) is 0. The predicted octanol–water partition coefficient (Wildman–Crippen LogP) is 6.33. The van der Waals surface area contributed by atoms with Crippen LogP contribution in [0, 0.1) is 5.82 Å². The average Bonchev–Trinajstić information content (AvgIpc) is 3.27. The van der Waals surface area contributed by atoms with Crippen LogP contribution in [-0.4, -0.2) is 38.8 Å². The van der Waals surface area contributed by atoms with Gasteiger partial charge in [0, 0.05) is 42.0 Å². The van der Waals surface area contributed by atoms with Crippen LogP contribution in [0.4, 0.5) is 10.1 Å². The summed E-state index contributed by atoms with van der Waals surface area (Å²) in [5, 5.41) is 3.85. The molecule has 7 nitrogen and oxygen atoms in total. The summed E-state index contributed by atoms with van der Waals surface area (Å²) in [4.78, 5) is 12.9. The number of hydrogen-bond donors (Lipinski definition) is 1. The summed E-state index contributed by atoms with van der Waals surface area (Å²) in [6, 6.07) is 14.4. The van der Waals surface area contributed by atoms with E-state index in [9.17, 15) is 9.18 Å². The lowest BCUT2D eigenvalue weighted by Crippen LogP contribution is -1.99. The molecule has 8 heteroatoms. The Morgan fingerprint density at radius 3 is 2.13 bits per heavy atom. The number of halogens is 1. The van der Waals surface area contributed by atoms with Crippen molar-refractivity contribution in [2.75, 3.05) is 33.8 Å². The van der Waals surface area contributed by atoms with Crippen molar-refractivity contribution < 1.29 is 28.1 Å². The van der Waals surface area contributed by atoms with Crippen molar-refractivity contribution in [3.8, 4) is 23.0 Å². The first-order valence-electron chi connectivity index (χ1n) is 11.8. The number of nitrogens with zero attached hydrogens (tertiary/aromatic N) is 1. The molecule has 0 aliphatic heterocycles. The Labute approximate surface area is 220 Å². The van der Waals surface area contributed by atoms with Gasteiger partial charge in [-0.15, -0.1) is 0 Å². The van der Waals surface area contributed by atoms with Crippen molar-refractivity contribution in [2.45, 2.75) is 0 Å². The number of anilines is 1. The molecule has 1 aromatic heterocycles. The summed E-state index contributed by atoms with van der Waals surface area (Å²) in [5.41, 5.74) is 3.27. The minimum absolute atomic E-state index is 0.0391. The highest BCUT2D eigenvalue weighted by molar-refractivity contribution is 6.13. The molecule has 38 heavy (non-hydrogen) atoms. The lowest BCUT2D eigenvalue weighted by molar-refractivity contribution is 0.104. The Balaban J connectivity index is 1.58. The maximum absolute atomic E-state index is 14.9. The quantitative estimate of drug-likeness (QED) is 0.151. The van der Waals surface area contributed by atoms with Crippen LogP contribution < -0.4 is 24.3 Å². The fourth-order valence-corrected chi connectivity index (χ4v) is 4.25. The molecule has 196 valence electrons. The number of aryl methyl sites for hydroxylation is 1. The molecule has 3 aromatic carbocycles. The van der Waals surface area contributed by atoms with Gasteiger partial charge in [-0.3, -0.25) is 4.79 Å². The number of para-hydroxylation sites is 1. The largest absolute Gasteiger partial charge is 0.493 e. The Morgan fingerprint density at radius 2 is 1.50 bits per heavy atom. The number of ether oxygens (including phenoxy) is 4.